The molecule has 0 radical (unpaired) electrons. The van der Waals surface area contributed by atoms with Crippen molar-refractivity contribution in [2.24, 2.45) is 22.2 Å². The highest BCUT2D eigenvalue weighted by Crippen LogP contribution is 2.33. The Labute approximate surface area is 410 Å². The third kappa shape index (κ3) is 13.4. The second-order valence-electron chi connectivity index (χ2n) is 15.3. The fourth-order valence-corrected chi connectivity index (χ4v) is 7.51. The molecular formula is C48H63N15O6S. The summed E-state index contributed by atoms with van der Waals surface area (Å²) < 4.78 is 19.4. The van der Waals surface area contributed by atoms with E-state index in [4.69, 9.17) is 36.6 Å². The number of amides is 4. The first-order valence-electron chi connectivity index (χ1n) is 22.8. The van der Waals surface area contributed by atoms with Crippen LogP contribution in [-0.2, 0) is 31.0 Å². The summed E-state index contributed by atoms with van der Waals surface area (Å²) in [5.41, 5.74) is 21.8. The number of rotatable bonds is 24. The molecule has 22 heteroatoms. The number of imidazole rings is 2. The minimum Gasteiger partial charge on any atom is -0.491 e. The molecule has 6 rings (SSSR count). The highest BCUT2D eigenvalue weighted by Gasteiger charge is 2.23. The number of primary amides is 2. The van der Waals surface area contributed by atoms with Crippen molar-refractivity contribution in [3.8, 4) is 11.5 Å². The van der Waals surface area contributed by atoms with Crippen molar-refractivity contribution in [1.82, 2.24) is 38.7 Å². The first-order chi connectivity index (χ1) is 33.7. The number of fused-ring (bicyclic) bond motifs is 2. The zero-order valence-electron chi connectivity index (χ0n) is 40.9. The number of hydrogen-bond donors (Lipinski definition) is 6. The molecule has 0 aliphatic carbocycles. The summed E-state index contributed by atoms with van der Waals surface area (Å²) in [7, 11) is 1.82. The molecule has 70 heavy (non-hydrogen) atoms. The molecule has 2 aromatic carbocycles. The Bertz CT molecular complexity index is 2930. The van der Waals surface area contributed by atoms with Gasteiger partial charge in [0.1, 0.15) is 40.5 Å². The Hall–Kier alpha value is -7.88. The number of benzene rings is 2. The smallest absolute Gasteiger partial charge is 0.276 e. The highest BCUT2D eigenvalue weighted by molar-refractivity contribution is 7.98. The van der Waals surface area contributed by atoms with Gasteiger partial charge in [-0.15, -0.1) is 0 Å². The molecule has 4 heterocycles. The van der Waals surface area contributed by atoms with Crippen LogP contribution in [0.4, 0.5) is 17.6 Å². The largest absolute Gasteiger partial charge is 0.491 e. The Kier molecular flexibility index (Phi) is 19.3. The maximum absolute atomic E-state index is 13.9. The van der Waals surface area contributed by atoms with E-state index in [1.165, 1.54) is 6.08 Å². The number of nitrogens with two attached hydrogens (primary N) is 3. The van der Waals surface area contributed by atoms with Gasteiger partial charge in [0.15, 0.2) is 0 Å². The molecule has 0 aliphatic rings. The molecule has 6 aromatic rings. The molecule has 0 saturated heterocycles. The molecule has 0 bridgehead atoms. The van der Waals surface area contributed by atoms with Gasteiger partial charge in [0, 0.05) is 56.2 Å². The van der Waals surface area contributed by atoms with Gasteiger partial charge in [-0.05, 0) is 88.6 Å². The second-order valence-corrected chi connectivity index (χ2v) is 16.3. The predicted molar refractivity (Wildman–Crippen MR) is 277 cm³/mol. The molecule has 0 atom stereocenters. The standard InChI is InChI=1S/C46H57N15O6S.C2H6/c1-7-51-35(20-28(3)47)43(64)55-45-53-33-22-31(42(49)63)25-38(67-18-13-19-68-6)40(33)59(45)15-9-10-16-60-39-34(54-46(60)56-44(65)36-21-29(4)57-61(36)8-2)23-30(41(48)62)24-37(39)66-17-12-11-14-58-27-32(50-5)26-52-58;1-2/h9-12,20-27,50H,7-8,13-19,47H2,1-6H3,(H2,48,62)(H2,49,63)(H,53,55,64)(H,54,56,65);1-2H3/b10-9+,12-11+,28-20-,51-35?;. The van der Waals surface area contributed by atoms with Gasteiger partial charge in [-0.2, -0.15) is 22.0 Å². The maximum Gasteiger partial charge on any atom is 0.276 e. The van der Waals surface area contributed by atoms with Crippen LogP contribution in [0.15, 0.2) is 83.8 Å². The number of anilines is 3. The van der Waals surface area contributed by atoms with Crippen molar-refractivity contribution in [2.75, 3.05) is 54.8 Å². The van der Waals surface area contributed by atoms with E-state index in [1.807, 2.05) is 64.6 Å². The zero-order chi connectivity index (χ0) is 50.9. The highest BCUT2D eigenvalue weighted by atomic mass is 32.2. The predicted octanol–water partition coefficient (Wildman–Crippen LogP) is 5.91. The van der Waals surface area contributed by atoms with Gasteiger partial charge >= 0.3 is 0 Å². The van der Waals surface area contributed by atoms with Crippen LogP contribution in [0.25, 0.3) is 22.1 Å². The minimum atomic E-state index is -0.693. The van der Waals surface area contributed by atoms with Crippen molar-refractivity contribution < 1.29 is 28.7 Å². The molecule has 4 aromatic heterocycles. The van der Waals surface area contributed by atoms with Crippen LogP contribution in [0, 0.1) is 6.92 Å². The lowest BCUT2D eigenvalue weighted by Crippen LogP contribution is -2.24. The average molecular weight is 978 g/mol. The summed E-state index contributed by atoms with van der Waals surface area (Å²) in [6, 6.07) is 7.87. The number of aromatic nitrogens is 8. The summed E-state index contributed by atoms with van der Waals surface area (Å²) >= 11 is 1.68. The number of aliphatic imine (C=N–C) groups is 1. The van der Waals surface area contributed by atoms with Crippen molar-refractivity contribution >= 4 is 80.8 Å². The molecule has 0 saturated carbocycles. The van der Waals surface area contributed by atoms with E-state index in [1.54, 1.807) is 87.6 Å². The van der Waals surface area contributed by atoms with Crippen LogP contribution in [-0.4, -0.2) is 107 Å². The quantitative estimate of drug-likeness (QED) is 0.0234. The molecule has 0 fully saturated rings. The number of carbonyl (C=O) groups is 4. The number of thioether (sulfide) groups is 1. The molecular weight excluding hydrogens is 915 g/mol. The van der Waals surface area contributed by atoms with E-state index in [2.05, 4.69) is 31.1 Å². The van der Waals surface area contributed by atoms with Crippen LogP contribution in [0.5, 0.6) is 11.5 Å². The summed E-state index contributed by atoms with van der Waals surface area (Å²) in [5.74, 6) is -0.596. The summed E-state index contributed by atoms with van der Waals surface area (Å²) in [6.07, 6.45) is 15.2. The fourth-order valence-electron chi connectivity index (χ4n) is 7.11. The Balaban J connectivity index is 0.00000450. The van der Waals surface area contributed by atoms with Crippen LogP contribution in [0.2, 0.25) is 0 Å². The first kappa shape index (κ1) is 53.1. The van der Waals surface area contributed by atoms with Crippen LogP contribution < -0.4 is 42.6 Å². The Morgan fingerprint density at radius 3 is 1.97 bits per heavy atom. The van der Waals surface area contributed by atoms with Gasteiger partial charge in [-0.1, -0.05) is 32.1 Å². The van der Waals surface area contributed by atoms with Crippen LogP contribution in [0.3, 0.4) is 0 Å². The average Bonchev–Trinajstić information content (AvgIpc) is 4.13. The zero-order valence-corrected chi connectivity index (χ0v) is 41.7. The molecule has 0 aliphatic heterocycles. The minimum absolute atomic E-state index is 0.0979. The molecule has 0 unspecified atom stereocenters. The molecule has 4 amide bonds. The monoisotopic (exact) mass is 977 g/mol. The third-order valence-corrected chi connectivity index (χ3v) is 10.9. The first-order valence-corrected chi connectivity index (χ1v) is 24.2. The SMILES string of the molecule is CC.CCN=C(/C=C(/C)N)C(=O)Nc1nc2cc(C(N)=O)cc(OCCCSC)c2n1C/C=C/Cn1c(NC(=O)c2cc(C)nn2CC)nc2cc(C(N)=O)cc(OC/C=C/Cn3cc(NC)cn3)c21. The van der Waals surface area contributed by atoms with E-state index in [-0.39, 0.29) is 48.4 Å². The normalized spacial score (nSPS) is 11.9. The second kappa shape index (κ2) is 25.5. The molecule has 0 spiro atoms. The number of nitrogens with zero attached hydrogens (tertiary/aromatic N) is 9. The van der Waals surface area contributed by atoms with Crippen molar-refractivity contribution in [3.63, 3.8) is 0 Å². The van der Waals surface area contributed by atoms with Gasteiger partial charge < -0.3 is 41.1 Å². The Morgan fingerprint density at radius 2 is 1.43 bits per heavy atom. The summed E-state index contributed by atoms with van der Waals surface area (Å²) in [5, 5.41) is 17.6. The lowest BCUT2D eigenvalue weighted by molar-refractivity contribution is -0.110. The maximum atomic E-state index is 13.9. The summed E-state index contributed by atoms with van der Waals surface area (Å²) in [4.78, 5) is 66.6. The van der Waals surface area contributed by atoms with Gasteiger partial charge in [0.25, 0.3) is 11.8 Å². The van der Waals surface area contributed by atoms with Gasteiger partial charge in [0.2, 0.25) is 23.7 Å². The number of allylic oxidation sites excluding steroid dienone is 4. The van der Waals surface area contributed by atoms with Gasteiger partial charge in [-0.25, -0.2) is 9.97 Å². The number of carbonyl (C=O) groups excluding carboxylic acids is 4. The van der Waals surface area contributed by atoms with Crippen molar-refractivity contribution in [1.29, 1.82) is 0 Å². The van der Waals surface area contributed by atoms with Crippen molar-refractivity contribution in [2.45, 2.75) is 74.1 Å². The third-order valence-electron chi connectivity index (χ3n) is 10.2. The number of nitrogens with one attached hydrogen (secondary N) is 3. The van der Waals surface area contributed by atoms with Gasteiger partial charge in [-0.3, -0.25) is 44.2 Å². The van der Waals surface area contributed by atoms with E-state index in [0.717, 1.165) is 17.9 Å². The Morgan fingerprint density at radius 1 is 0.829 bits per heavy atom. The fraction of sp³-hybridized carbons (Fsp3) is 0.354. The lowest BCUT2D eigenvalue weighted by atomic mass is 10.1. The van der Waals surface area contributed by atoms with E-state index >= 15 is 0 Å². The number of ether oxygens (including phenoxy) is 2. The summed E-state index contributed by atoms with van der Waals surface area (Å²) in [6.45, 7) is 13.1. The number of hydrogen-bond acceptors (Lipinski definition) is 14. The van der Waals surface area contributed by atoms with Crippen LogP contribution in [0.1, 0.15) is 77.9 Å². The lowest BCUT2D eigenvalue weighted by Gasteiger charge is -2.13. The van der Waals surface area contributed by atoms with Gasteiger partial charge in [0.05, 0.1) is 41.8 Å². The van der Waals surface area contributed by atoms with E-state index < -0.39 is 23.6 Å². The van der Waals surface area contributed by atoms with E-state index in [9.17, 15) is 19.2 Å². The van der Waals surface area contributed by atoms with Crippen molar-refractivity contribution in [3.05, 3.63) is 101 Å². The number of aryl methyl sites for hydroxylation is 2. The van der Waals surface area contributed by atoms with Crippen LogP contribution >= 0.6 is 11.8 Å². The molecule has 21 nitrogen and oxygen atoms in total. The molecule has 372 valence electrons. The molecule has 9 N–H and O–H groups in total. The topological polar surface area (TPSA) is 285 Å². The van der Waals surface area contributed by atoms with E-state index in [0.29, 0.717) is 76.9 Å².